The fourth-order valence-corrected chi connectivity index (χ4v) is 5.89. The highest BCUT2D eigenvalue weighted by atomic mass is 16.1. The number of ketones is 1. The predicted molar refractivity (Wildman–Crippen MR) is 183 cm³/mol. The van der Waals surface area contributed by atoms with Crippen molar-refractivity contribution in [1.82, 2.24) is 19.2 Å². The van der Waals surface area contributed by atoms with Gasteiger partial charge >= 0.3 is 0 Å². The van der Waals surface area contributed by atoms with Gasteiger partial charge in [-0.1, -0.05) is 60.9 Å². The molecule has 0 atom stereocenters. The third-order valence-electron chi connectivity index (χ3n) is 8.83. The standard InChI is InChI=1S/C39H41N5O/c1-5-42-19-21-43(22-20-42)27-34-13-11-31(23-30(34)4)24-38(45)33-12-10-29(3)32(25-33)14-17-36-26-40-39-37(7-6-18-44(36)39)41-35-15-8-28(2)9-16-35/h6-13,15-16,18,23,25-26,41H,5,19-22,24,27H2,1-4H3. The molecular weight excluding hydrogens is 554 g/mol. The molecule has 0 bridgehead atoms. The van der Waals surface area contributed by atoms with E-state index in [0.29, 0.717) is 12.0 Å². The van der Waals surface area contributed by atoms with E-state index in [1.807, 2.05) is 47.9 Å². The Labute approximate surface area is 266 Å². The molecule has 0 saturated carbocycles. The summed E-state index contributed by atoms with van der Waals surface area (Å²) < 4.78 is 1.99. The molecule has 1 aliphatic heterocycles. The van der Waals surface area contributed by atoms with Crippen molar-refractivity contribution in [2.75, 3.05) is 38.0 Å². The van der Waals surface area contributed by atoms with Crippen LogP contribution in [0.15, 0.2) is 85.2 Å². The van der Waals surface area contributed by atoms with E-state index < -0.39 is 0 Å². The average Bonchev–Trinajstić information content (AvgIpc) is 3.47. The molecule has 1 N–H and O–H groups in total. The lowest BCUT2D eigenvalue weighted by atomic mass is 9.96. The van der Waals surface area contributed by atoms with E-state index in [4.69, 9.17) is 0 Å². The summed E-state index contributed by atoms with van der Waals surface area (Å²) in [7, 11) is 0. The van der Waals surface area contributed by atoms with Crippen molar-refractivity contribution in [3.8, 4) is 11.8 Å². The summed E-state index contributed by atoms with van der Waals surface area (Å²) in [5.74, 6) is 6.71. The van der Waals surface area contributed by atoms with Crippen molar-refractivity contribution in [1.29, 1.82) is 0 Å². The van der Waals surface area contributed by atoms with E-state index in [0.717, 1.165) is 78.7 Å². The van der Waals surface area contributed by atoms with Gasteiger partial charge in [0.1, 0.15) is 5.69 Å². The lowest BCUT2D eigenvalue weighted by molar-refractivity contribution is 0.0993. The number of likely N-dealkylation sites (N-methyl/N-ethyl adjacent to an activating group) is 1. The van der Waals surface area contributed by atoms with E-state index in [2.05, 4.69) is 95.2 Å². The molecule has 0 amide bonds. The molecule has 3 aromatic carbocycles. The predicted octanol–water partition coefficient (Wildman–Crippen LogP) is 6.97. The number of nitrogens with zero attached hydrogens (tertiary/aromatic N) is 4. The number of piperazine rings is 1. The van der Waals surface area contributed by atoms with E-state index in [1.54, 1.807) is 6.20 Å². The van der Waals surface area contributed by atoms with Gasteiger partial charge in [-0.15, -0.1) is 0 Å². The lowest BCUT2D eigenvalue weighted by Crippen LogP contribution is -2.45. The first-order chi connectivity index (χ1) is 21.9. The van der Waals surface area contributed by atoms with Crippen molar-refractivity contribution < 1.29 is 4.79 Å². The molecule has 0 spiro atoms. The number of carbonyl (C=O) groups is 1. The van der Waals surface area contributed by atoms with Gasteiger partial charge in [-0.25, -0.2) is 4.98 Å². The van der Waals surface area contributed by atoms with Crippen LogP contribution in [0.5, 0.6) is 0 Å². The van der Waals surface area contributed by atoms with Gasteiger partial charge in [0.2, 0.25) is 0 Å². The van der Waals surface area contributed by atoms with Crippen molar-refractivity contribution in [2.24, 2.45) is 0 Å². The number of benzene rings is 3. The number of rotatable bonds is 8. The molecule has 1 aliphatic rings. The van der Waals surface area contributed by atoms with Crippen LogP contribution in [0.1, 0.15) is 56.4 Å². The van der Waals surface area contributed by atoms with Gasteiger partial charge in [-0.05, 0) is 85.8 Å². The number of carbonyl (C=O) groups excluding carboxylic acids is 1. The van der Waals surface area contributed by atoms with Crippen LogP contribution >= 0.6 is 0 Å². The van der Waals surface area contributed by atoms with Crippen LogP contribution in [-0.2, 0) is 13.0 Å². The largest absolute Gasteiger partial charge is 0.352 e. The third kappa shape index (κ3) is 7.17. The van der Waals surface area contributed by atoms with Crippen LogP contribution in [0, 0.1) is 32.6 Å². The lowest BCUT2D eigenvalue weighted by Gasteiger charge is -2.34. The molecule has 1 fully saturated rings. The molecule has 1 saturated heterocycles. The molecule has 5 aromatic rings. The zero-order valence-corrected chi connectivity index (χ0v) is 26.7. The van der Waals surface area contributed by atoms with E-state index in [-0.39, 0.29) is 5.78 Å². The minimum absolute atomic E-state index is 0.0995. The quantitative estimate of drug-likeness (QED) is 0.155. The smallest absolute Gasteiger partial charge is 0.167 e. The molecule has 6 heteroatoms. The number of aromatic nitrogens is 2. The molecular formula is C39H41N5O. The van der Waals surface area contributed by atoms with E-state index in [1.165, 1.54) is 16.7 Å². The van der Waals surface area contributed by atoms with Crippen molar-refractivity contribution in [3.63, 3.8) is 0 Å². The maximum absolute atomic E-state index is 13.4. The Bertz CT molecular complexity index is 1880. The van der Waals surface area contributed by atoms with E-state index >= 15 is 0 Å². The van der Waals surface area contributed by atoms with Crippen molar-refractivity contribution in [3.05, 3.63) is 130 Å². The Hall–Kier alpha value is -4.70. The number of Topliss-reactive ketones (excluding diaryl/α,β-unsaturated/α-hetero) is 1. The molecule has 0 unspecified atom stereocenters. The summed E-state index contributed by atoms with van der Waals surface area (Å²) in [5, 5.41) is 3.47. The first-order valence-electron chi connectivity index (χ1n) is 15.8. The van der Waals surface area contributed by atoms with Gasteiger partial charge in [0.05, 0.1) is 11.9 Å². The highest BCUT2D eigenvalue weighted by molar-refractivity contribution is 5.98. The highest BCUT2D eigenvalue weighted by Gasteiger charge is 2.17. The van der Waals surface area contributed by atoms with Gasteiger partial charge < -0.3 is 10.2 Å². The first-order valence-corrected chi connectivity index (χ1v) is 15.8. The second kappa shape index (κ2) is 13.5. The Balaban J connectivity index is 1.15. The summed E-state index contributed by atoms with van der Waals surface area (Å²) in [4.78, 5) is 23.1. The SMILES string of the molecule is CCN1CCN(Cc2ccc(CC(=O)c3ccc(C)c(C#Cc4cnc5c(Nc6ccc(C)cc6)cccn45)c3)cc2C)CC1. The molecule has 45 heavy (non-hydrogen) atoms. The molecule has 228 valence electrons. The van der Waals surface area contributed by atoms with Crippen LogP contribution < -0.4 is 5.32 Å². The number of hydrogen-bond acceptors (Lipinski definition) is 5. The van der Waals surface area contributed by atoms with Gasteiger partial charge in [0.25, 0.3) is 0 Å². The molecule has 6 nitrogen and oxygen atoms in total. The van der Waals surface area contributed by atoms with E-state index in [9.17, 15) is 4.79 Å². The normalized spacial score (nSPS) is 13.9. The molecule has 0 radical (unpaired) electrons. The summed E-state index contributed by atoms with van der Waals surface area (Å²) in [6.45, 7) is 15.1. The van der Waals surface area contributed by atoms with Crippen LogP contribution in [0.2, 0.25) is 0 Å². The fourth-order valence-electron chi connectivity index (χ4n) is 5.89. The second-order valence-corrected chi connectivity index (χ2v) is 12.1. The van der Waals surface area contributed by atoms with Crippen LogP contribution in [-0.4, -0.2) is 57.7 Å². The number of anilines is 2. The van der Waals surface area contributed by atoms with Crippen LogP contribution in [0.4, 0.5) is 11.4 Å². The van der Waals surface area contributed by atoms with Gasteiger partial charge in [0, 0.05) is 62.2 Å². The van der Waals surface area contributed by atoms with Gasteiger partial charge in [0.15, 0.2) is 11.4 Å². The number of nitrogens with one attached hydrogen (secondary N) is 1. The number of hydrogen-bond donors (Lipinski definition) is 1. The topological polar surface area (TPSA) is 52.9 Å². The summed E-state index contributed by atoms with van der Waals surface area (Å²) in [5.41, 5.74) is 10.9. The Kier molecular flexibility index (Phi) is 9.11. The van der Waals surface area contributed by atoms with Crippen LogP contribution in [0.3, 0.4) is 0 Å². The Morgan fingerprint density at radius 2 is 1.64 bits per heavy atom. The average molecular weight is 596 g/mol. The monoisotopic (exact) mass is 595 g/mol. The van der Waals surface area contributed by atoms with Gasteiger partial charge in [-0.2, -0.15) is 0 Å². The number of imidazole rings is 1. The maximum Gasteiger partial charge on any atom is 0.167 e. The Morgan fingerprint density at radius 1 is 0.867 bits per heavy atom. The van der Waals surface area contributed by atoms with Crippen molar-refractivity contribution in [2.45, 2.75) is 40.7 Å². The van der Waals surface area contributed by atoms with Crippen LogP contribution in [0.25, 0.3) is 5.65 Å². The Morgan fingerprint density at radius 3 is 2.40 bits per heavy atom. The zero-order chi connectivity index (χ0) is 31.3. The molecule has 0 aliphatic carbocycles. The second-order valence-electron chi connectivity index (χ2n) is 12.1. The summed E-state index contributed by atoms with van der Waals surface area (Å²) >= 11 is 0. The highest BCUT2D eigenvalue weighted by Crippen LogP contribution is 2.23. The maximum atomic E-state index is 13.4. The third-order valence-corrected chi connectivity index (χ3v) is 8.83. The summed E-state index contributed by atoms with van der Waals surface area (Å²) in [6.07, 6.45) is 4.14. The molecule has 6 rings (SSSR count). The first kappa shape index (κ1) is 30.3. The minimum Gasteiger partial charge on any atom is -0.352 e. The summed E-state index contributed by atoms with van der Waals surface area (Å²) in [6, 6.07) is 24.6. The van der Waals surface area contributed by atoms with Crippen molar-refractivity contribution >= 4 is 22.8 Å². The van der Waals surface area contributed by atoms with Gasteiger partial charge in [-0.3, -0.25) is 14.1 Å². The molecule has 2 aromatic heterocycles. The molecule has 3 heterocycles. The number of fused-ring (bicyclic) bond motifs is 1. The zero-order valence-electron chi connectivity index (χ0n) is 26.7. The number of aryl methyl sites for hydroxylation is 3. The number of pyridine rings is 1. The fraction of sp³-hybridized carbons (Fsp3) is 0.282. The minimum atomic E-state index is 0.0995.